The molecule has 192 valence electrons. The van der Waals surface area contributed by atoms with Crippen molar-refractivity contribution in [1.82, 2.24) is 9.97 Å². The van der Waals surface area contributed by atoms with Gasteiger partial charge < -0.3 is 19.1 Å². The molecule has 0 N–H and O–H groups in total. The standard InChI is InChI=1S/C26H26N4O7/c1-3-36-26(32)18-11-13-29(14-12-18)24-22(30(33)34)25(28-16-27-24)37-21-15-19(35-2)9-10-20(21)23(31)17-7-5-4-6-8-17/h4-10,15-16,18H,3,11-14H2,1-2H3. The Hall–Kier alpha value is -4.54. The summed E-state index contributed by atoms with van der Waals surface area (Å²) in [6, 6.07) is 13.2. The third kappa shape index (κ3) is 5.66. The topological polar surface area (TPSA) is 134 Å². The number of hydrogen-bond acceptors (Lipinski definition) is 10. The van der Waals surface area contributed by atoms with E-state index in [1.807, 2.05) is 0 Å². The summed E-state index contributed by atoms with van der Waals surface area (Å²) in [5.74, 6) is -0.627. The second-order valence-electron chi connectivity index (χ2n) is 8.28. The quantitative estimate of drug-likeness (QED) is 0.180. The molecule has 2 aromatic carbocycles. The molecule has 0 radical (unpaired) electrons. The fourth-order valence-electron chi connectivity index (χ4n) is 4.16. The molecule has 1 aliphatic heterocycles. The molecule has 3 aromatic rings. The predicted molar refractivity (Wildman–Crippen MR) is 133 cm³/mol. The molecule has 0 spiro atoms. The number of hydrogen-bond donors (Lipinski definition) is 0. The Kier molecular flexibility index (Phi) is 7.92. The number of methoxy groups -OCH3 is 1. The molecule has 0 unspecified atom stereocenters. The van der Waals surface area contributed by atoms with Gasteiger partial charge in [0.05, 0.1) is 30.1 Å². The third-order valence-corrected chi connectivity index (χ3v) is 6.04. The van der Waals surface area contributed by atoms with E-state index in [0.29, 0.717) is 43.9 Å². The van der Waals surface area contributed by atoms with Crippen LogP contribution in [0.3, 0.4) is 0 Å². The van der Waals surface area contributed by atoms with E-state index in [9.17, 15) is 19.7 Å². The Morgan fingerprint density at radius 3 is 2.49 bits per heavy atom. The second kappa shape index (κ2) is 11.5. The van der Waals surface area contributed by atoms with Crippen LogP contribution in [-0.4, -0.2) is 53.5 Å². The molecule has 0 saturated carbocycles. The maximum absolute atomic E-state index is 13.2. The number of carbonyl (C=O) groups is 2. The Labute approximate surface area is 213 Å². The summed E-state index contributed by atoms with van der Waals surface area (Å²) in [6.45, 7) is 2.80. The monoisotopic (exact) mass is 506 g/mol. The van der Waals surface area contributed by atoms with Crippen molar-refractivity contribution in [2.24, 2.45) is 5.92 Å². The highest BCUT2D eigenvalue weighted by Crippen LogP contribution is 2.39. The molecule has 0 bridgehead atoms. The molecular weight excluding hydrogens is 480 g/mol. The minimum Gasteiger partial charge on any atom is -0.497 e. The number of ketones is 1. The van der Waals surface area contributed by atoms with Crippen LogP contribution < -0.4 is 14.4 Å². The maximum Gasteiger partial charge on any atom is 0.373 e. The van der Waals surface area contributed by atoms with Gasteiger partial charge in [-0.3, -0.25) is 19.7 Å². The number of rotatable bonds is 9. The van der Waals surface area contributed by atoms with E-state index in [-0.39, 0.29) is 40.7 Å². The fraction of sp³-hybridized carbons (Fsp3) is 0.308. The van der Waals surface area contributed by atoms with Crippen molar-refractivity contribution in [2.75, 3.05) is 31.7 Å². The number of piperidine rings is 1. The van der Waals surface area contributed by atoms with Crippen LogP contribution in [-0.2, 0) is 9.53 Å². The summed E-state index contributed by atoms with van der Waals surface area (Å²) in [5, 5.41) is 12.1. The van der Waals surface area contributed by atoms with Gasteiger partial charge in [0.25, 0.3) is 0 Å². The lowest BCUT2D eigenvalue weighted by molar-refractivity contribution is -0.385. The van der Waals surface area contributed by atoms with E-state index in [0.717, 1.165) is 0 Å². The minimum atomic E-state index is -0.610. The van der Waals surface area contributed by atoms with Crippen molar-refractivity contribution in [2.45, 2.75) is 19.8 Å². The molecule has 2 heterocycles. The Morgan fingerprint density at radius 1 is 1.11 bits per heavy atom. The van der Waals surface area contributed by atoms with Gasteiger partial charge in [-0.05, 0) is 31.9 Å². The average Bonchev–Trinajstić information content (AvgIpc) is 2.93. The van der Waals surface area contributed by atoms with E-state index in [2.05, 4.69) is 9.97 Å². The first-order chi connectivity index (χ1) is 17.9. The minimum absolute atomic E-state index is 0.0574. The Bertz CT molecular complexity index is 1290. The fourth-order valence-corrected chi connectivity index (χ4v) is 4.16. The van der Waals surface area contributed by atoms with Crippen LogP contribution in [0.1, 0.15) is 35.7 Å². The van der Waals surface area contributed by atoms with E-state index in [1.165, 1.54) is 25.6 Å². The second-order valence-corrected chi connectivity index (χ2v) is 8.28. The summed E-state index contributed by atoms with van der Waals surface area (Å²) in [4.78, 5) is 46.7. The van der Waals surface area contributed by atoms with Gasteiger partial charge in [-0.1, -0.05) is 30.3 Å². The molecule has 0 amide bonds. The number of nitro groups is 1. The predicted octanol–water partition coefficient (Wildman–Crippen LogP) is 4.20. The first-order valence-electron chi connectivity index (χ1n) is 11.8. The number of aromatic nitrogens is 2. The first kappa shape index (κ1) is 25.5. The summed E-state index contributed by atoms with van der Waals surface area (Å²) < 4.78 is 16.3. The summed E-state index contributed by atoms with van der Waals surface area (Å²) in [7, 11) is 1.46. The highest BCUT2D eigenvalue weighted by molar-refractivity contribution is 6.10. The van der Waals surface area contributed by atoms with Crippen LogP contribution in [0.5, 0.6) is 17.4 Å². The van der Waals surface area contributed by atoms with Crippen molar-refractivity contribution in [3.63, 3.8) is 0 Å². The highest BCUT2D eigenvalue weighted by Gasteiger charge is 2.33. The van der Waals surface area contributed by atoms with Crippen LogP contribution in [0.25, 0.3) is 0 Å². The van der Waals surface area contributed by atoms with Crippen molar-refractivity contribution in [3.8, 4) is 17.4 Å². The smallest absolute Gasteiger partial charge is 0.373 e. The number of carbonyl (C=O) groups excluding carboxylic acids is 2. The highest BCUT2D eigenvalue weighted by atomic mass is 16.6. The van der Waals surface area contributed by atoms with Gasteiger partial charge in [0.2, 0.25) is 5.82 Å². The molecule has 1 saturated heterocycles. The van der Waals surface area contributed by atoms with Crippen LogP contribution in [0.2, 0.25) is 0 Å². The van der Waals surface area contributed by atoms with Gasteiger partial charge >= 0.3 is 17.5 Å². The number of benzene rings is 2. The Balaban J connectivity index is 1.66. The Morgan fingerprint density at radius 2 is 1.84 bits per heavy atom. The summed E-state index contributed by atoms with van der Waals surface area (Å²) in [5.41, 5.74) is 0.189. The molecule has 0 aliphatic carbocycles. The van der Waals surface area contributed by atoms with Crippen molar-refractivity contribution >= 4 is 23.3 Å². The number of esters is 1. The van der Waals surface area contributed by atoms with Crippen LogP contribution >= 0.6 is 0 Å². The zero-order chi connectivity index (χ0) is 26.4. The summed E-state index contributed by atoms with van der Waals surface area (Å²) in [6.07, 6.45) is 2.12. The lowest BCUT2D eigenvalue weighted by Crippen LogP contribution is -2.37. The van der Waals surface area contributed by atoms with Crippen molar-refractivity contribution in [1.29, 1.82) is 0 Å². The van der Waals surface area contributed by atoms with Crippen LogP contribution in [0.15, 0.2) is 54.9 Å². The molecule has 1 fully saturated rings. The number of anilines is 1. The SMILES string of the molecule is CCOC(=O)C1CCN(c2ncnc(Oc3cc(OC)ccc3C(=O)c3ccccc3)c2[N+](=O)[O-])CC1. The van der Waals surface area contributed by atoms with E-state index >= 15 is 0 Å². The molecule has 11 heteroatoms. The van der Waals surface area contributed by atoms with Gasteiger partial charge in [-0.2, -0.15) is 4.98 Å². The normalized spacial score (nSPS) is 13.6. The molecule has 4 rings (SSSR count). The zero-order valence-corrected chi connectivity index (χ0v) is 20.5. The van der Waals surface area contributed by atoms with E-state index in [1.54, 1.807) is 48.2 Å². The van der Waals surface area contributed by atoms with E-state index < -0.39 is 10.6 Å². The van der Waals surface area contributed by atoms with Gasteiger partial charge in [0, 0.05) is 24.7 Å². The zero-order valence-electron chi connectivity index (χ0n) is 20.5. The van der Waals surface area contributed by atoms with Gasteiger partial charge in [0.15, 0.2) is 5.78 Å². The first-order valence-corrected chi connectivity index (χ1v) is 11.8. The number of ether oxygens (including phenoxy) is 3. The van der Waals surface area contributed by atoms with Crippen molar-refractivity contribution in [3.05, 3.63) is 76.1 Å². The maximum atomic E-state index is 13.2. The lowest BCUT2D eigenvalue weighted by Gasteiger charge is -2.31. The largest absolute Gasteiger partial charge is 0.497 e. The van der Waals surface area contributed by atoms with Crippen molar-refractivity contribution < 1.29 is 28.7 Å². The number of nitrogens with zero attached hydrogens (tertiary/aromatic N) is 4. The molecule has 1 aliphatic rings. The average molecular weight is 507 g/mol. The summed E-state index contributed by atoms with van der Waals surface area (Å²) >= 11 is 0. The molecular formula is C26H26N4O7. The molecule has 11 nitrogen and oxygen atoms in total. The van der Waals surface area contributed by atoms with Crippen LogP contribution in [0.4, 0.5) is 11.5 Å². The van der Waals surface area contributed by atoms with Gasteiger partial charge in [-0.15, -0.1) is 0 Å². The van der Waals surface area contributed by atoms with Gasteiger partial charge in [-0.25, -0.2) is 4.98 Å². The van der Waals surface area contributed by atoms with Crippen LogP contribution in [0, 0.1) is 16.0 Å². The molecule has 37 heavy (non-hydrogen) atoms. The van der Waals surface area contributed by atoms with Gasteiger partial charge in [0.1, 0.15) is 17.8 Å². The molecule has 0 atom stereocenters. The molecule has 1 aromatic heterocycles. The van der Waals surface area contributed by atoms with E-state index in [4.69, 9.17) is 14.2 Å². The third-order valence-electron chi connectivity index (χ3n) is 6.04. The lowest BCUT2D eigenvalue weighted by atomic mass is 9.97.